The van der Waals surface area contributed by atoms with E-state index in [-0.39, 0.29) is 24.0 Å². The maximum Gasteiger partial charge on any atom is 0.415 e. The minimum Gasteiger partial charge on any atom is -0.490 e. The molecule has 1 aliphatic heterocycles. The van der Waals surface area contributed by atoms with E-state index in [1.807, 2.05) is 23.7 Å². The Morgan fingerprint density at radius 1 is 1.27 bits per heavy atom. The van der Waals surface area contributed by atoms with Crippen LogP contribution in [0, 0.1) is 5.41 Å². The summed E-state index contributed by atoms with van der Waals surface area (Å²) in [5.41, 5.74) is 2.23. The van der Waals surface area contributed by atoms with E-state index in [1.165, 1.54) is 0 Å². The molecular formula is C25H35F3N6O3. The van der Waals surface area contributed by atoms with Gasteiger partial charge in [-0.2, -0.15) is 13.2 Å². The molecule has 1 aromatic carbocycles. The summed E-state index contributed by atoms with van der Waals surface area (Å²) in [6.07, 6.45) is 2.79. The molecule has 0 radical (unpaired) electrons. The molecule has 0 bridgehead atoms. The fourth-order valence-corrected chi connectivity index (χ4v) is 4.67. The van der Waals surface area contributed by atoms with Crippen molar-refractivity contribution < 1.29 is 27.8 Å². The van der Waals surface area contributed by atoms with Crippen molar-refractivity contribution >= 4 is 22.6 Å². The number of hydrogen-bond acceptors (Lipinski definition) is 7. The number of aliphatic hydroxyl groups is 1. The van der Waals surface area contributed by atoms with Crippen LogP contribution in [0.4, 0.5) is 18.9 Å². The van der Waals surface area contributed by atoms with E-state index in [4.69, 9.17) is 14.9 Å². The lowest BCUT2D eigenvalue weighted by Crippen LogP contribution is -2.44. The van der Waals surface area contributed by atoms with Crippen LogP contribution in [0.3, 0.4) is 0 Å². The SMILES string of the molecule is Cn1cnc2c(NC(=N)/C=C\NC3CCCOC3)cc(O[C@H]3CC[C@@H](NC[C@@H](O)C(F)(F)F)CC3)cc21. The number of anilines is 1. The standard InChI is InChI=1S/C25H35F3N6O3/c1-34-15-32-24-20(33-23(29)8-9-30-17-3-2-10-36-14-17)11-19(12-21(24)34)37-18-6-4-16(5-7-18)31-13-22(35)25(26,27)28/h8-9,11-12,15-18,22,30-31,35H,2-7,10,13-14H2,1H3,(H2,29,33)/b9-8-/t16-,17?,18+,22-/m1/s1. The number of hydrogen-bond donors (Lipinski definition) is 5. The van der Waals surface area contributed by atoms with E-state index in [0.717, 1.165) is 30.5 Å². The van der Waals surface area contributed by atoms with Gasteiger partial charge in [0.2, 0.25) is 0 Å². The Kier molecular flexibility index (Phi) is 8.93. The molecule has 37 heavy (non-hydrogen) atoms. The van der Waals surface area contributed by atoms with Gasteiger partial charge in [-0.1, -0.05) is 0 Å². The Morgan fingerprint density at radius 3 is 2.76 bits per heavy atom. The molecule has 5 N–H and O–H groups in total. The van der Waals surface area contributed by atoms with Crippen molar-refractivity contribution in [2.75, 3.05) is 25.1 Å². The second kappa shape index (κ2) is 12.1. The number of fused-ring (bicyclic) bond motifs is 1. The Balaban J connectivity index is 1.33. The van der Waals surface area contributed by atoms with Crippen molar-refractivity contribution in [1.29, 1.82) is 5.41 Å². The van der Waals surface area contributed by atoms with Gasteiger partial charge in [0.15, 0.2) is 6.10 Å². The summed E-state index contributed by atoms with van der Waals surface area (Å²) in [4.78, 5) is 4.46. The quantitative estimate of drug-likeness (QED) is 0.252. The Morgan fingerprint density at radius 2 is 2.05 bits per heavy atom. The number of ether oxygens (including phenoxy) is 2. The summed E-state index contributed by atoms with van der Waals surface area (Å²) >= 11 is 0. The Labute approximate surface area is 213 Å². The highest BCUT2D eigenvalue weighted by Crippen LogP contribution is 2.31. The van der Waals surface area contributed by atoms with Crippen molar-refractivity contribution in [3.8, 4) is 5.75 Å². The van der Waals surface area contributed by atoms with Crippen molar-refractivity contribution in [3.63, 3.8) is 0 Å². The second-order valence-corrected chi connectivity index (χ2v) is 9.70. The molecule has 2 fully saturated rings. The van der Waals surface area contributed by atoms with Gasteiger partial charge in [-0.25, -0.2) is 4.98 Å². The topological polar surface area (TPSA) is 116 Å². The summed E-state index contributed by atoms with van der Waals surface area (Å²) < 4.78 is 51.2. The van der Waals surface area contributed by atoms with E-state index in [0.29, 0.717) is 43.7 Å². The van der Waals surface area contributed by atoms with Gasteiger partial charge >= 0.3 is 6.18 Å². The second-order valence-electron chi connectivity index (χ2n) is 9.70. The molecule has 4 rings (SSSR count). The number of aromatic nitrogens is 2. The molecule has 2 atom stereocenters. The molecule has 2 aliphatic rings. The molecule has 2 heterocycles. The van der Waals surface area contributed by atoms with Crippen LogP contribution in [-0.2, 0) is 11.8 Å². The van der Waals surface area contributed by atoms with Crippen LogP contribution >= 0.6 is 0 Å². The lowest BCUT2D eigenvalue weighted by atomic mass is 9.93. The Bertz CT molecular complexity index is 1080. The molecule has 1 aromatic heterocycles. The first-order chi connectivity index (χ1) is 17.7. The van der Waals surface area contributed by atoms with Crippen LogP contribution in [0.2, 0.25) is 0 Å². The molecule has 2 aromatic rings. The monoisotopic (exact) mass is 524 g/mol. The van der Waals surface area contributed by atoms with Crippen molar-refractivity contribution in [2.24, 2.45) is 7.05 Å². The average Bonchev–Trinajstić information content (AvgIpc) is 3.24. The number of imidazole rings is 1. The lowest BCUT2D eigenvalue weighted by Gasteiger charge is -2.30. The molecule has 1 saturated carbocycles. The zero-order valence-electron chi connectivity index (χ0n) is 20.9. The first kappa shape index (κ1) is 27.2. The van der Waals surface area contributed by atoms with Gasteiger partial charge in [0, 0.05) is 50.6 Å². The third-order valence-corrected chi connectivity index (χ3v) is 6.77. The molecule has 12 heteroatoms. The normalized spacial score (nSPS) is 23.8. The van der Waals surface area contributed by atoms with Gasteiger partial charge in [-0.3, -0.25) is 5.41 Å². The maximum absolute atomic E-state index is 12.5. The first-order valence-electron chi connectivity index (χ1n) is 12.6. The largest absolute Gasteiger partial charge is 0.490 e. The number of rotatable bonds is 9. The van der Waals surface area contributed by atoms with E-state index in [1.54, 1.807) is 18.6 Å². The minimum absolute atomic E-state index is 0.0784. The summed E-state index contributed by atoms with van der Waals surface area (Å²) in [7, 11) is 1.89. The summed E-state index contributed by atoms with van der Waals surface area (Å²) in [5.74, 6) is 0.831. The van der Waals surface area contributed by atoms with Crippen LogP contribution in [0.25, 0.3) is 11.0 Å². The first-order valence-corrected chi connectivity index (χ1v) is 12.6. The van der Waals surface area contributed by atoms with Crippen molar-refractivity contribution in [1.82, 2.24) is 20.2 Å². The highest BCUT2D eigenvalue weighted by Gasteiger charge is 2.38. The van der Waals surface area contributed by atoms with Crippen LogP contribution in [0.5, 0.6) is 5.75 Å². The lowest BCUT2D eigenvalue weighted by molar-refractivity contribution is -0.202. The van der Waals surface area contributed by atoms with Gasteiger partial charge in [-0.05, 0) is 44.6 Å². The zero-order valence-corrected chi connectivity index (χ0v) is 20.9. The predicted molar refractivity (Wildman–Crippen MR) is 135 cm³/mol. The number of halogens is 3. The average molecular weight is 525 g/mol. The number of aliphatic hydroxyl groups excluding tert-OH is 1. The molecule has 1 aliphatic carbocycles. The molecule has 1 unspecified atom stereocenters. The van der Waals surface area contributed by atoms with Crippen LogP contribution in [0.1, 0.15) is 38.5 Å². The number of nitrogens with zero attached hydrogens (tertiary/aromatic N) is 2. The fourth-order valence-electron chi connectivity index (χ4n) is 4.67. The summed E-state index contributed by atoms with van der Waals surface area (Å²) in [6, 6.07) is 3.89. The Hall–Kier alpha value is -2.83. The zero-order chi connectivity index (χ0) is 26.4. The van der Waals surface area contributed by atoms with Crippen molar-refractivity contribution in [2.45, 2.75) is 69.0 Å². The number of benzene rings is 1. The van der Waals surface area contributed by atoms with Gasteiger partial charge < -0.3 is 35.1 Å². The van der Waals surface area contributed by atoms with Crippen molar-refractivity contribution in [3.05, 3.63) is 30.7 Å². The number of nitrogens with one attached hydrogen (secondary N) is 4. The van der Waals surface area contributed by atoms with Gasteiger partial charge in [-0.15, -0.1) is 0 Å². The minimum atomic E-state index is -4.61. The molecule has 0 amide bonds. The fraction of sp³-hybridized carbons (Fsp3) is 0.600. The summed E-state index contributed by atoms with van der Waals surface area (Å²) in [5, 5.41) is 26.7. The maximum atomic E-state index is 12.5. The number of alkyl halides is 3. The predicted octanol–water partition coefficient (Wildman–Crippen LogP) is 3.45. The molecule has 204 valence electrons. The smallest absolute Gasteiger partial charge is 0.415 e. The number of amidine groups is 1. The van der Waals surface area contributed by atoms with Gasteiger partial charge in [0.1, 0.15) is 17.1 Å². The molecular weight excluding hydrogens is 489 g/mol. The molecule has 1 saturated heterocycles. The van der Waals surface area contributed by atoms with Crippen LogP contribution < -0.4 is 20.7 Å². The van der Waals surface area contributed by atoms with Gasteiger partial charge in [0.25, 0.3) is 0 Å². The van der Waals surface area contributed by atoms with E-state index in [9.17, 15) is 18.3 Å². The number of aryl methyl sites for hydroxylation is 1. The van der Waals surface area contributed by atoms with E-state index >= 15 is 0 Å². The van der Waals surface area contributed by atoms with Crippen LogP contribution in [-0.4, -0.2) is 70.7 Å². The molecule has 0 spiro atoms. The van der Waals surface area contributed by atoms with Gasteiger partial charge in [0.05, 0.1) is 30.2 Å². The van der Waals surface area contributed by atoms with E-state index < -0.39 is 18.8 Å². The third kappa shape index (κ3) is 7.59. The summed E-state index contributed by atoms with van der Waals surface area (Å²) in [6.45, 7) is 0.949. The van der Waals surface area contributed by atoms with E-state index in [2.05, 4.69) is 20.9 Å². The highest BCUT2D eigenvalue weighted by atomic mass is 19.4. The molecule has 9 nitrogen and oxygen atoms in total. The van der Waals surface area contributed by atoms with Crippen LogP contribution in [0.15, 0.2) is 30.7 Å². The highest BCUT2D eigenvalue weighted by molar-refractivity contribution is 6.06. The third-order valence-electron chi connectivity index (χ3n) is 6.77.